The van der Waals surface area contributed by atoms with E-state index < -0.39 is 0 Å². The van der Waals surface area contributed by atoms with Crippen molar-refractivity contribution in [3.63, 3.8) is 0 Å². The van der Waals surface area contributed by atoms with E-state index in [9.17, 15) is 0 Å². The molecule has 0 bridgehead atoms. The summed E-state index contributed by atoms with van der Waals surface area (Å²) in [6, 6.07) is 6.60. The molecule has 2 nitrogen and oxygen atoms in total. The maximum Gasteiger partial charge on any atom is 0.115 e. The van der Waals surface area contributed by atoms with E-state index in [0.717, 1.165) is 36.0 Å². The van der Waals surface area contributed by atoms with Gasteiger partial charge in [-0.3, -0.25) is 0 Å². The predicted molar refractivity (Wildman–Crippen MR) is 88.5 cm³/mol. The van der Waals surface area contributed by atoms with E-state index in [4.69, 9.17) is 0 Å². The Bertz CT molecular complexity index is 712. The van der Waals surface area contributed by atoms with Crippen molar-refractivity contribution in [3.8, 4) is 0 Å². The summed E-state index contributed by atoms with van der Waals surface area (Å²) < 4.78 is 0. The van der Waals surface area contributed by atoms with E-state index in [2.05, 4.69) is 53.5 Å². The van der Waals surface area contributed by atoms with Crippen molar-refractivity contribution in [3.05, 3.63) is 78.4 Å². The number of hydrogen-bond acceptors (Lipinski definition) is 2. The van der Waals surface area contributed by atoms with Crippen LogP contribution in [0.3, 0.4) is 0 Å². The zero-order valence-electron chi connectivity index (χ0n) is 12.0. The summed E-state index contributed by atoms with van der Waals surface area (Å²) in [7, 11) is 0. The Kier molecular flexibility index (Phi) is 3.78. The van der Waals surface area contributed by atoms with Crippen molar-refractivity contribution in [1.29, 1.82) is 0 Å². The minimum absolute atomic E-state index is 0.874. The molecule has 0 saturated carbocycles. The highest BCUT2D eigenvalue weighted by Gasteiger charge is 2.08. The van der Waals surface area contributed by atoms with Crippen LogP contribution in [0.15, 0.2) is 56.2 Å². The summed E-state index contributed by atoms with van der Waals surface area (Å²) in [5.74, 6) is 0. The van der Waals surface area contributed by atoms with Crippen LogP contribution >= 0.6 is 0 Å². The van der Waals surface area contributed by atoms with Gasteiger partial charge in [-0.1, -0.05) is 37.4 Å². The lowest BCUT2D eigenvalue weighted by Gasteiger charge is -2.10. The highest BCUT2D eigenvalue weighted by molar-refractivity contribution is 5.71. The highest BCUT2D eigenvalue weighted by atomic mass is 14.8. The van der Waals surface area contributed by atoms with Crippen molar-refractivity contribution >= 4 is 17.2 Å². The molecule has 0 saturated heterocycles. The second kappa shape index (κ2) is 5.88. The first-order chi connectivity index (χ1) is 10.2. The van der Waals surface area contributed by atoms with E-state index >= 15 is 0 Å². The van der Waals surface area contributed by atoms with Crippen molar-refractivity contribution in [2.45, 2.75) is 19.3 Å². The maximum atomic E-state index is 4.22. The van der Waals surface area contributed by atoms with Gasteiger partial charge in [0.15, 0.2) is 0 Å². The Labute approximate surface area is 125 Å². The molecule has 1 aromatic carbocycles. The summed E-state index contributed by atoms with van der Waals surface area (Å²) in [6.45, 7) is 8.34. The summed E-state index contributed by atoms with van der Waals surface area (Å²) in [5.41, 5.74) is 7.15. The molecule has 104 valence electrons. The van der Waals surface area contributed by atoms with Gasteiger partial charge in [-0.15, -0.1) is 0 Å². The van der Waals surface area contributed by atoms with Crippen LogP contribution in [-0.4, -0.2) is 9.97 Å². The Hall–Kier alpha value is -2.48. The Morgan fingerprint density at radius 2 is 1.71 bits per heavy atom. The average Bonchev–Trinajstić information content (AvgIpc) is 3.00. The lowest BCUT2D eigenvalue weighted by molar-refractivity contribution is 1.07. The molecule has 0 N–H and O–H groups in total. The predicted octanol–water partition coefficient (Wildman–Crippen LogP) is 4.55. The zero-order valence-corrected chi connectivity index (χ0v) is 12.0. The number of rotatable bonds is 5. The van der Waals surface area contributed by atoms with E-state index in [1.165, 1.54) is 23.0 Å². The average molecular weight is 274 g/mol. The van der Waals surface area contributed by atoms with Gasteiger partial charge in [0.25, 0.3) is 0 Å². The van der Waals surface area contributed by atoms with Gasteiger partial charge in [0, 0.05) is 18.0 Å². The highest BCUT2D eigenvalue weighted by Crippen LogP contribution is 2.27. The van der Waals surface area contributed by atoms with Gasteiger partial charge in [-0.05, 0) is 53.2 Å². The number of allylic oxidation sites excluding steroid dienone is 3. The molecule has 1 aliphatic carbocycles. The summed E-state index contributed by atoms with van der Waals surface area (Å²) in [5, 5.41) is 0. The first kappa shape index (κ1) is 13.5. The van der Waals surface area contributed by atoms with Gasteiger partial charge in [0.1, 0.15) is 6.33 Å². The molecule has 0 atom stereocenters. The molecule has 2 aromatic rings. The third kappa shape index (κ3) is 3.00. The molecular weight excluding hydrogens is 256 g/mol. The van der Waals surface area contributed by atoms with Crippen LogP contribution in [0.4, 0.5) is 0 Å². The molecule has 0 amide bonds. The van der Waals surface area contributed by atoms with E-state index in [0.29, 0.717) is 0 Å². The second-order valence-corrected chi connectivity index (χ2v) is 5.35. The largest absolute Gasteiger partial charge is 0.244 e. The zero-order chi connectivity index (χ0) is 14.7. The van der Waals surface area contributed by atoms with Crippen LogP contribution in [0.25, 0.3) is 17.2 Å². The van der Waals surface area contributed by atoms with Gasteiger partial charge < -0.3 is 0 Å². The van der Waals surface area contributed by atoms with Crippen LogP contribution in [-0.2, 0) is 6.42 Å². The van der Waals surface area contributed by atoms with Crippen LogP contribution in [0.1, 0.15) is 35.1 Å². The van der Waals surface area contributed by atoms with E-state index in [1.807, 2.05) is 0 Å². The summed E-state index contributed by atoms with van der Waals surface area (Å²) in [6.07, 6.45) is 12.4. The van der Waals surface area contributed by atoms with Gasteiger partial charge >= 0.3 is 0 Å². The van der Waals surface area contributed by atoms with E-state index in [1.54, 1.807) is 12.4 Å². The molecule has 0 radical (unpaired) electrons. The Morgan fingerprint density at radius 1 is 1.00 bits per heavy atom. The first-order valence-electron chi connectivity index (χ1n) is 7.15. The topological polar surface area (TPSA) is 25.8 Å². The summed E-state index contributed by atoms with van der Waals surface area (Å²) in [4.78, 5) is 8.06. The smallest absolute Gasteiger partial charge is 0.115 e. The van der Waals surface area contributed by atoms with Crippen LogP contribution in [0.2, 0.25) is 0 Å². The standard InChI is InChI=1S/C19H18N2/c1-14(6-7-15(2)19-11-20-13-21-12-19)17-9-8-16-4-3-5-18(16)10-17/h3,5,8-13H,1-2,4,6-7H2. The number of nitrogens with zero attached hydrogens (tertiary/aromatic N) is 2. The molecule has 2 heteroatoms. The molecule has 0 spiro atoms. The lowest BCUT2D eigenvalue weighted by atomic mass is 9.96. The SMILES string of the molecule is C=C(CCC(=C)c1ccc2c(c1)C=CC2)c1cncnc1. The van der Waals surface area contributed by atoms with Crippen molar-refractivity contribution in [2.75, 3.05) is 0 Å². The fraction of sp³-hybridized carbons (Fsp3) is 0.158. The molecule has 1 heterocycles. The first-order valence-corrected chi connectivity index (χ1v) is 7.15. The van der Waals surface area contributed by atoms with Crippen molar-refractivity contribution in [2.24, 2.45) is 0 Å². The van der Waals surface area contributed by atoms with Gasteiger partial charge in [-0.25, -0.2) is 9.97 Å². The maximum absolute atomic E-state index is 4.22. The quantitative estimate of drug-likeness (QED) is 0.799. The number of fused-ring (bicyclic) bond motifs is 1. The molecular formula is C19H18N2. The number of hydrogen-bond donors (Lipinski definition) is 0. The van der Waals surface area contributed by atoms with Crippen LogP contribution < -0.4 is 0 Å². The minimum Gasteiger partial charge on any atom is -0.244 e. The second-order valence-electron chi connectivity index (χ2n) is 5.35. The normalized spacial score (nSPS) is 12.2. The molecule has 0 aliphatic heterocycles. The van der Waals surface area contributed by atoms with Gasteiger partial charge in [0.05, 0.1) is 0 Å². The van der Waals surface area contributed by atoms with Gasteiger partial charge in [-0.2, -0.15) is 0 Å². The third-order valence-electron chi connectivity index (χ3n) is 3.89. The minimum atomic E-state index is 0.874. The molecule has 1 aliphatic rings. The third-order valence-corrected chi connectivity index (χ3v) is 3.89. The van der Waals surface area contributed by atoms with E-state index in [-0.39, 0.29) is 0 Å². The van der Waals surface area contributed by atoms with Crippen LogP contribution in [0.5, 0.6) is 0 Å². The fourth-order valence-electron chi connectivity index (χ4n) is 2.54. The molecule has 21 heavy (non-hydrogen) atoms. The monoisotopic (exact) mass is 274 g/mol. The number of benzene rings is 1. The van der Waals surface area contributed by atoms with Crippen LogP contribution in [0, 0.1) is 0 Å². The Morgan fingerprint density at radius 3 is 2.48 bits per heavy atom. The molecule has 3 rings (SSSR count). The lowest BCUT2D eigenvalue weighted by Crippen LogP contribution is -1.90. The number of aromatic nitrogens is 2. The van der Waals surface area contributed by atoms with Gasteiger partial charge in [0.2, 0.25) is 0 Å². The summed E-state index contributed by atoms with van der Waals surface area (Å²) >= 11 is 0. The fourth-order valence-corrected chi connectivity index (χ4v) is 2.54. The van der Waals surface area contributed by atoms with Crippen molar-refractivity contribution in [1.82, 2.24) is 9.97 Å². The molecule has 0 fully saturated rings. The molecule has 1 aromatic heterocycles. The Balaban J connectivity index is 1.64. The van der Waals surface area contributed by atoms with Crippen molar-refractivity contribution < 1.29 is 0 Å². The molecule has 0 unspecified atom stereocenters.